The van der Waals surface area contributed by atoms with E-state index in [1.165, 1.54) is 16.5 Å². The maximum absolute atomic E-state index is 12.6. The third kappa shape index (κ3) is 3.70. The molecule has 0 radical (unpaired) electrons. The van der Waals surface area contributed by atoms with E-state index in [0.717, 1.165) is 66.8 Å². The van der Waals surface area contributed by atoms with Crippen LogP contribution in [0.25, 0.3) is 44.5 Å². The molecular formula is C29H27N5O. The van der Waals surface area contributed by atoms with Crippen LogP contribution in [0.5, 0.6) is 0 Å². The fourth-order valence-electron chi connectivity index (χ4n) is 5.46. The van der Waals surface area contributed by atoms with Gasteiger partial charge < -0.3 is 14.5 Å². The molecule has 7 rings (SSSR count). The number of amides is 1. The monoisotopic (exact) mass is 461 g/mol. The van der Waals surface area contributed by atoms with E-state index < -0.39 is 0 Å². The van der Waals surface area contributed by atoms with Crippen LogP contribution in [0, 0.1) is 11.8 Å². The Labute approximate surface area is 203 Å². The van der Waals surface area contributed by atoms with Gasteiger partial charge in [0, 0.05) is 49.0 Å². The summed E-state index contributed by atoms with van der Waals surface area (Å²) >= 11 is 0. The first-order valence-electron chi connectivity index (χ1n) is 12.5. The number of carbonyl (C=O) groups is 1. The number of imidazole rings is 1. The molecule has 3 aromatic heterocycles. The molecule has 174 valence electrons. The molecule has 4 heterocycles. The van der Waals surface area contributed by atoms with E-state index in [9.17, 15) is 4.79 Å². The highest BCUT2D eigenvalue weighted by molar-refractivity contribution is 5.86. The van der Waals surface area contributed by atoms with Gasteiger partial charge in [-0.3, -0.25) is 9.78 Å². The van der Waals surface area contributed by atoms with Gasteiger partial charge >= 0.3 is 0 Å². The molecule has 0 bridgehead atoms. The zero-order valence-corrected chi connectivity index (χ0v) is 19.5. The van der Waals surface area contributed by atoms with Crippen molar-refractivity contribution in [1.29, 1.82) is 0 Å². The molecule has 5 aromatic rings. The van der Waals surface area contributed by atoms with E-state index in [4.69, 9.17) is 4.98 Å². The van der Waals surface area contributed by atoms with Crippen molar-refractivity contribution in [3.05, 3.63) is 73.2 Å². The second kappa shape index (κ2) is 8.08. The minimum Gasteiger partial charge on any atom is -0.361 e. The Kier molecular flexibility index (Phi) is 4.72. The van der Waals surface area contributed by atoms with Gasteiger partial charge in [0.05, 0.1) is 11.7 Å². The molecule has 6 heteroatoms. The highest BCUT2D eigenvalue weighted by Crippen LogP contribution is 2.34. The van der Waals surface area contributed by atoms with Crippen LogP contribution in [0.2, 0.25) is 0 Å². The summed E-state index contributed by atoms with van der Waals surface area (Å²) in [5.74, 6) is 2.06. The summed E-state index contributed by atoms with van der Waals surface area (Å²) in [4.78, 5) is 27.2. The first-order chi connectivity index (χ1) is 17.2. The fourth-order valence-corrected chi connectivity index (χ4v) is 5.46. The number of H-pyrrole nitrogens is 1. The SMILES string of the molecule is O=C(C1CC1)N1CC[C@@H](Cn2c(-c3ccc(-c4ccc5[nH]ccc5c4)cc3)nc3cnccc32)C1. The lowest BCUT2D eigenvalue weighted by Crippen LogP contribution is -2.30. The number of likely N-dealkylation sites (tertiary alicyclic amines) is 1. The van der Waals surface area contributed by atoms with E-state index in [1.807, 2.05) is 24.7 Å². The fraction of sp³-hybridized carbons (Fsp3) is 0.276. The summed E-state index contributed by atoms with van der Waals surface area (Å²) in [5.41, 5.74) is 6.64. The lowest BCUT2D eigenvalue weighted by Gasteiger charge is -2.18. The van der Waals surface area contributed by atoms with E-state index in [1.54, 1.807) is 0 Å². The molecule has 1 aliphatic heterocycles. The maximum atomic E-state index is 12.6. The van der Waals surface area contributed by atoms with Crippen molar-refractivity contribution in [1.82, 2.24) is 24.4 Å². The molecular weight excluding hydrogens is 434 g/mol. The number of nitrogens with zero attached hydrogens (tertiary/aromatic N) is 4. The average molecular weight is 462 g/mol. The average Bonchev–Trinajstić information content (AvgIpc) is 3.30. The van der Waals surface area contributed by atoms with Gasteiger partial charge in [0.15, 0.2) is 0 Å². The third-order valence-electron chi connectivity index (χ3n) is 7.55. The number of fused-ring (bicyclic) bond motifs is 2. The highest BCUT2D eigenvalue weighted by atomic mass is 16.2. The Morgan fingerprint density at radius 1 is 0.971 bits per heavy atom. The van der Waals surface area contributed by atoms with Crippen LogP contribution in [0.15, 0.2) is 73.2 Å². The molecule has 2 aliphatic rings. The molecule has 0 spiro atoms. The molecule has 35 heavy (non-hydrogen) atoms. The molecule has 1 saturated carbocycles. The minimum absolute atomic E-state index is 0.293. The van der Waals surface area contributed by atoms with E-state index in [0.29, 0.717) is 17.7 Å². The Bertz CT molecular complexity index is 1540. The molecule has 2 aromatic carbocycles. The van der Waals surface area contributed by atoms with Crippen molar-refractivity contribution in [2.45, 2.75) is 25.8 Å². The van der Waals surface area contributed by atoms with Crippen LogP contribution in [0.1, 0.15) is 19.3 Å². The van der Waals surface area contributed by atoms with Crippen LogP contribution in [-0.4, -0.2) is 43.4 Å². The van der Waals surface area contributed by atoms with Gasteiger partial charge in [-0.1, -0.05) is 30.3 Å². The highest BCUT2D eigenvalue weighted by Gasteiger charge is 2.36. The minimum atomic E-state index is 0.293. The number of aromatic nitrogens is 4. The van der Waals surface area contributed by atoms with E-state index >= 15 is 0 Å². The molecule has 1 N–H and O–H groups in total. The van der Waals surface area contributed by atoms with Crippen molar-refractivity contribution in [3.63, 3.8) is 0 Å². The van der Waals surface area contributed by atoms with Gasteiger partial charge in [0.1, 0.15) is 11.3 Å². The molecule has 1 atom stereocenters. The molecule has 1 aliphatic carbocycles. The number of aromatic amines is 1. The quantitative estimate of drug-likeness (QED) is 0.376. The lowest BCUT2D eigenvalue weighted by atomic mass is 10.0. The van der Waals surface area contributed by atoms with Crippen LogP contribution in [0.3, 0.4) is 0 Å². The Hall–Kier alpha value is -3.93. The maximum Gasteiger partial charge on any atom is 0.225 e. The van der Waals surface area contributed by atoms with Crippen molar-refractivity contribution in [3.8, 4) is 22.5 Å². The van der Waals surface area contributed by atoms with Crippen LogP contribution < -0.4 is 0 Å². The Balaban J connectivity index is 1.19. The lowest BCUT2D eigenvalue weighted by molar-refractivity contribution is -0.131. The standard InChI is InChI=1S/C29H27N5O/c35-29(22-5-6-22)33-14-11-19(17-33)18-34-27-10-12-30-16-26(27)32-28(34)21-3-1-20(2-4-21)23-7-8-25-24(15-23)9-13-31-25/h1-4,7-10,12-13,15-16,19,22,31H,5-6,11,14,17-18H2/t19-/m1/s1. The molecule has 6 nitrogen and oxygen atoms in total. The van der Waals surface area contributed by atoms with Crippen molar-refractivity contribution >= 4 is 27.8 Å². The number of hydrogen-bond acceptors (Lipinski definition) is 3. The summed E-state index contributed by atoms with van der Waals surface area (Å²) in [6.07, 6.45) is 8.83. The van der Waals surface area contributed by atoms with Crippen LogP contribution >= 0.6 is 0 Å². The van der Waals surface area contributed by atoms with Gasteiger partial charge in [-0.2, -0.15) is 0 Å². The summed E-state index contributed by atoms with van der Waals surface area (Å²) in [5, 5.41) is 1.21. The van der Waals surface area contributed by atoms with Gasteiger partial charge in [0.2, 0.25) is 5.91 Å². The van der Waals surface area contributed by atoms with Crippen molar-refractivity contribution in [2.75, 3.05) is 13.1 Å². The summed E-state index contributed by atoms with van der Waals surface area (Å²) in [6.45, 7) is 2.58. The van der Waals surface area contributed by atoms with Gasteiger partial charge in [-0.15, -0.1) is 0 Å². The van der Waals surface area contributed by atoms with Crippen molar-refractivity contribution in [2.24, 2.45) is 11.8 Å². The molecule has 2 fully saturated rings. The second-order valence-corrected chi connectivity index (χ2v) is 9.98. The number of benzene rings is 2. The third-order valence-corrected chi connectivity index (χ3v) is 7.55. The van der Waals surface area contributed by atoms with Gasteiger partial charge in [-0.25, -0.2) is 4.98 Å². The topological polar surface area (TPSA) is 66.8 Å². The second-order valence-electron chi connectivity index (χ2n) is 9.98. The molecule has 1 amide bonds. The van der Waals surface area contributed by atoms with Crippen LogP contribution in [-0.2, 0) is 11.3 Å². The molecule has 1 saturated heterocycles. The summed E-state index contributed by atoms with van der Waals surface area (Å²) in [6, 6.07) is 19.3. The number of carbonyl (C=O) groups excluding carboxylic acids is 1. The predicted octanol–water partition coefficient (Wildman–Crippen LogP) is 5.51. The first-order valence-corrected chi connectivity index (χ1v) is 12.5. The Morgan fingerprint density at radius 2 is 1.80 bits per heavy atom. The van der Waals surface area contributed by atoms with Gasteiger partial charge in [-0.05, 0) is 66.0 Å². The van der Waals surface area contributed by atoms with Crippen molar-refractivity contribution < 1.29 is 4.79 Å². The van der Waals surface area contributed by atoms with Gasteiger partial charge in [0.25, 0.3) is 0 Å². The predicted molar refractivity (Wildman–Crippen MR) is 138 cm³/mol. The largest absolute Gasteiger partial charge is 0.361 e. The van der Waals surface area contributed by atoms with Crippen LogP contribution in [0.4, 0.5) is 0 Å². The number of nitrogens with one attached hydrogen (secondary N) is 1. The number of rotatable bonds is 5. The van der Waals surface area contributed by atoms with E-state index in [-0.39, 0.29) is 0 Å². The summed E-state index contributed by atoms with van der Waals surface area (Å²) in [7, 11) is 0. The number of pyridine rings is 1. The van der Waals surface area contributed by atoms with E-state index in [2.05, 4.69) is 68.0 Å². The zero-order valence-electron chi connectivity index (χ0n) is 19.5. The Morgan fingerprint density at radius 3 is 2.66 bits per heavy atom. The normalized spacial score (nSPS) is 18.1. The zero-order chi connectivity index (χ0) is 23.4. The number of hydrogen-bond donors (Lipinski definition) is 1. The molecule has 0 unspecified atom stereocenters. The smallest absolute Gasteiger partial charge is 0.225 e. The first kappa shape index (κ1) is 20.4. The summed E-state index contributed by atoms with van der Waals surface area (Å²) < 4.78 is 2.33.